The lowest BCUT2D eigenvalue weighted by molar-refractivity contribution is 0.237. The maximum absolute atomic E-state index is 11.5. The van der Waals surface area contributed by atoms with Gasteiger partial charge in [-0.25, -0.2) is 4.18 Å². The molecule has 0 fully saturated rings. The molecule has 5 heteroatoms. The molecule has 1 aromatic carbocycles. The lowest BCUT2D eigenvalue weighted by atomic mass is 10.2. The molecule has 0 saturated heterocycles. The average Bonchev–Trinajstić information content (AvgIpc) is 2.02. The fourth-order valence-corrected chi connectivity index (χ4v) is 1.94. The van der Waals surface area contributed by atoms with Gasteiger partial charge in [0, 0.05) is 0 Å². The minimum absolute atomic E-state index is 0.125. The minimum atomic E-state index is -3.70. The van der Waals surface area contributed by atoms with Crippen LogP contribution in [0.1, 0.15) is 12.5 Å². The number of nitrogens with two attached hydrogens (primary N) is 1. The number of hydrogen-bond donors (Lipinski definition) is 1. The molecule has 0 aromatic heterocycles. The van der Waals surface area contributed by atoms with E-state index in [4.69, 9.17) is 5.73 Å². The molecule has 14 heavy (non-hydrogen) atoms. The van der Waals surface area contributed by atoms with Crippen molar-refractivity contribution in [3.63, 3.8) is 0 Å². The molecule has 0 radical (unpaired) electrons. The van der Waals surface area contributed by atoms with E-state index in [0.29, 0.717) is 0 Å². The van der Waals surface area contributed by atoms with Crippen LogP contribution in [0.5, 0.6) is 0 Å². The summed E-state index contributed by atoms with van der Waals surface area (Å²) in [5, 5.41) is 0. The van der Waals surface area contributed by atoms with Crippen LogP contribution >= 0.6 is 0 Å². The van der Waals surface area contributed by atoms with Gasteiger partial charge in [-0.15, -0.1) is 0 Å². The molecule has 0 bridgehead atoms. The standard InChI is InChI=1S/C9H13NO3S/c1-7-3-5-9(6-4-7)14(11,12)13-8(2)10/h3-6,8H,10H2,1-2H3. The summed E-state index contributed by atoms with van der Waals surface area (Å²) >= 11 is 0. The van der Waals surface area contributed by atoms with Crippen LogP contribution in [0.4, 0.5) is 0 Å². The summed E-state index contributed by atoms with van der Waals surface area (Å²) in [6.07, 6.45) is -0.832. The Morgan fingerprint density at radius 2 is 1.79 bits per heavy atom. The topological polar surface area (TPSA) is 69.4 Å². The van der Waals surface area contributed by atoms with Gasteiger partial charge in [-0.2, -0.15) is 8.42 Å². The second-order valence-electron chi connectivity index (χ2n) is 3.07. The Bertz CT molecular complexity index is 395. The van der Waals surface area contributed by atoms with Crippen molar-refractivity contribution in [3.05, 3.63) is 29.8 Å². The van der Waals surface area contributed by atoms with Crippen LogP contribution in [-0.2, 0) is 14.3 Å². The minimum Gasteiger partial charge on any atom is -0.305 e. The third-order valence-corrected chi connectivity index (χ3v) is 2.99. The van der Waals surface area contributed by atoms with Crippen LogP contribution in [0.25, 0.3) is 0 Å². The van der Waals surface area contributed by atoms with Crippen LogP contribution < -0.4 is 5.73 Å². The van der Waals surface area contributed by atoms with E-state index < -0.39 is 16.3 Å². The van der Waals surface area contributed by atoms with Crippen LogP contribution in [-0.4, -0.2) is 14.6 Å². The molecule has 0 saturated carbocycles. The zero-order chi connectivity index (χ0) is 10.8. The normalized spacial score (nSPS) is 13.9. The summed E-state index contributed by atoms with van der Waals surface area (Å²) in [7, 11) is -3.70. The Morgan fingerprint density at radius 3 is 2.21 bits per heavy atom. The summed E-state index contributed by atoms with van der Waals surface area (Å²) in [5.74, 6) is 0. The van der Waals surface area contributed by atoms with Crippen molar-refractivity contribution in [1.82, 2.24) is 0 Å². The molecule has 1 atom stereocenters. The van der Waals surface area contributed by atoms with Crippen molar-refractivity contribution in [2.24, 2.45) is 5.73 Å². The largest absolute Gasteiger partial charge is 0.305 e. The molecule has 0 spiro atoms. The smallest absolute Gasteiger partial charge is 0.298 e. The Kier molecular flexibility index (Phi) is 3.25. The van der Waals surface area contributed by atoms with Crippen molar-refractivity contribution in [1.29, 1.82) is 0 Å². The van der Waals surface area contributed by atoms with Crippen molar-refractivity contribution in [3.8, 4) is 0 Å². The van der Waals surface area contributed by atoms with Gasteiger partial charge >= 0.3 is 0 Å². The molecule has 2 N–H and O–H groups in total. The summed E-state index contributed by atoms with van der Waals surface area (Å²) in [6.45, 7) is 3.34. The van der Waals surface area contributed by atoms with Crippen LogP contribution in [0.3, 0.4) is 0 Å². The van der Waals surface area contributed by atoms with E-state index in [0.717, 1.165) is 5.56 Å². The Hall–Kier alpha value is -0.910. The van der Waals surface area contributed by atoms with Gasteiger partial charge in [-0.3, -0.25) is 0 Å². The van der Waals surface area contributed by atoms with E-state index in [-0.39, 0.29) is 4.90 Å². The van der Waals surface area contributed by atoms with Gasteiger partial charge in [0.1, 0.15) is 6.23 Å². The second-order valence-corrected chi connectivity index (χ2v) is 4.64. The number of benzene rings is 1. The number of aryl methyl sites for hydroxylation is 1. The monoisotopic (exact) mass is 215 g/mol. The van der Waals surface area contributed by atoms with E-state index >= 15 is 0 Å². The molecule has 0 aliphatic heterocycles. The zero-order valence-corrected chi connectivity index (χ0v) is 8.91. The summed E-state index contributed by atoms with van der Waals surface area (Å²) in [5.41, 5.74) is 6.23. The Labute approximate surface area is 83.8 Å². The summed E-state index contributed by atoms with van der Waals surface area (Å²) in [4.78, 5) is 0.125. The molecular formula is C9H13NO3S. The Morgan fingerprint density at radius 1 is 1.29 bits per heavy atom. The van der Waals surface area contributed by atoms with Crippen molar-refractivity contribution in [2.45, 2.75) is 25.0 Å². The van der Waals surface area contributed by atoms with Gasteiger partial charge in [0.2, 0.25) is 0 Å². The van der Waals surface area contributed by atoms with Crippen molar-refractivity contribution < 1.29 is 12.6 Å². The first kappa shape index (κ1) is 11.2. The van der Waals surface area contributed by atoms with Gasteiger partial charge in [-0.1, -0.05) is 17.7 Å². The first-order valence-electron chi connectivity index (χ1n) is 4.17. The zero-order valence-electron chi connectivity index (χ0n) is 8.10. The van der Waals surface area contributed by atoms with Crippen LogP contribution in [0, 0.1) is 6.92 Å². The van der Waals surface area contributed by atoms with Gasteiger partial charge in [0.25, 0.3) is 10.1 Å². The van der Waals surface area contributed by atoms with Crippen LogP contribution in [0.2, 0.25) is 0 Å². The molecule has 1 aromatic rings. The highest BCUT2D eigenvalue weighted by atomic mass is 32.2. The Balaban J connectivity index is 2.99. The van der Waals surface area contributed by atoms with E-state index in [1.54, 1.807) is 12.1 Å². The highest BCUT2D eigenvalue weighted by Crippen LogP contribution is 2.13. The highest BCUT2D eigenvalue weighted by Gasteiger charge is 2.16. The van der Waals surface area contributed by atoms with Crippen molar-refractivity contribution >= 4 is 10.1 Å². The first-order chi connectivity index (χ1) is 6.42. The van der Waals surface area contributed by atoms with Crippen molar-refractivity contribution in [2.75, 3.05) is 0 Å². The molecule has 0 aliphatic carbocycles. The maximum Gasteiger partial charge on any atom is 0.298 e. The third kappa shape index (κ3) is 2.80. The average molecular weight is 215 g/mol. The molecule has 1 unspecified atom stereocenters. The third-order valence-electron chi connectivity index (χ3n) is 1.59. The van der Waals surface area contributed by atoms with Gasteiger partial charge in [0.15, 0.2) is 0 Å². The SMILES string of the molecule is Cc1ccc(S(=O)(=O)OC(C)N)cc1. The second kappa shape index (κ2) is 4.08. The lowest BCUT2D eigenvalue weighted by Gasteiger charge is -2.07. The predicted octanol–water partition coefficient (Wildman–Crippen LogP) is 1.01. The van der Waals surface area contributed by atoms with E-state index in [9.17, 15) is 8.42 Å². The van der Waals surface area contributed by atoms with Gasteiger partial charge < -0.3 is 5.73 Å². The molecule has 1 rings (SSSR count). The van der Waals surface area contributed by atoms with E-state index in [1.165, 1.54) is 19.1 Å². The van der Waals surface area contributed by atoms with Gasteiger partial charge in [0.05, 0.1) is 4.90 Å². The quantitative estimate of drug-likeness (QED) is 0.603. The molecular weight excluding hydrogens is 202 g/mol. The molecule has 0 amide bonds. The van der Waals surface area contributed by atoms with Gasteiger partial charge in [-0.05, 0) is 26.0 Å². The highest BCUT2D eigenvalue weighted by molar-refractivity contribution is 7.86. The van der Waals surface area contributed by atoms with E-state index in [2.05, 4.69) is 4.18 Å². The fourth-order valence-electron chi connectivity index (χ4n) is 0.960. The van der Waals surface area contributed by atoms with E-state index in [1.807, 2.05) is 6.92 Å². The lowest BCUT2D eigenvalue weighted by Crippen LogP contribution is -2.23. The number of hydrogen-bond acceptors (Lipinski definition) is 4. The summed E-state index contributed by atoms with van der Waals surface area (Å²) in [6, 6.07) is 6.40. The molecule has 0 heterocycles. The molecule has 4 nitrogen and oxygen atoms in total. The van der Waals surface area contributed by atoms with Crippen LogP contribution in [0.15, 0.2) is 29.2 Å². The maximum atomic E-state index is 11.5. The first-order valence-corrected chi connectivity index (χ1v) is 5.58. The predicted molar refractivity (Wildman–Crippen MR) is 53.1 cm³/mol. The molecule has 78 valence electrons. The summed E-state index contributed by atoms with van der Waals surface area (Å²) < 4.78 is 27.5. The fraction of sp³-hybridized carbons (Fsp3) is 0.333. The number of rotatable bonds is 3. The molecule has 0 aliphatic rings.